The average molecular weight is 273 g/mol. The Morgan fingerprint density at radius 2 is 2.00 bits per heavy atom. The van der Waals surface area contributed by atoms with Crippen molar-refractivity contribution in [3.63, 3.8) is 0 Å². The van der Waals surface area contributed by atoms with Gasteiger partial charge in [0.2, 0.25) is 5.88 Å². The number of ether oxygens (including phenoxy) is 1. The first-order valence-electron chi connectivity index (χ1n) is 5.96. The van der Waals surface area contributed by atoms with Crippen LogP contribution in [0.25, 0.3) is 0 Å². The fourth-order valence-corrected chi connectivity index (χ4v) is 1.68. The highest BCUT2D eigenvalue weighted by atomic mass is 16.5. The summed E-state index contributed by atoms with van der Waals surface area (Å²) in [5.74, 6) is 0.935. The van der Waals surface area contributed by atoms with E-state index in [1.807, 2.05) is 0 Å². The average Bonchev–Trinajstić information content (AvgIpc) is 2.46. The van der Waals surface area contributed by atoms with Crippen LogP contribution < -0.4 is 10.5 Å². The lowest BCUT2D eigenvalue weighted by atomic mass is 10.2. The predicted octanol–water partition coefficient (Wildman–Crippen LogP) is 1.77. The van der Waals surface area contributed by atoms with E-state index >= 15 is 0 Å². The van der Waals surface area contributed by atoms with Gasteiger partial charge in [0.25, 0.3) is 0 Å². The highest BCUT2D eigenvalue weighted by Gasteiger charge is 2.06. The maximum atomic E-state index is 8.98. The minimum absolute atomic E-state index is 0.00372. The maximum absolute atomic E-state index is 8.98. The van der Waals surface area contributed by atoms with Crippen molar-refractivity contribution in [2.75, 3.05) is 0 Å². The van der Waals surface area contributed by atoms with Crippen LogP contribution in [0.1, 0.15) is 16.8 Å². The highest BCUT2D eigenvalue weighted by molar-refractivity contribution is 5.97. The van der Waals surface area contributed by atoms with E-state index in [1.165, 1.54) is 0 Å². The Morgan fingerprint density at radius 1 is 1.30 bits per heavy atom. The van der Waals surface area contributed by atoms with Crippen molar-refractivity contribution in [3.05, 3.63) is 53.2 Å². The van der Waals surface area contributed by atoms with Gasteiger partial charge in [-0.2, -0.15) is 0 Å². The number of benzene rings is 1. The number of nitrogens with zero attached hydrogens (tertiary/aromatic N) is 2. The van der Waals surface area contributed by atoms with E-state index in [-0.39, 0.29) is 12.4 Å². The van der Waals surface area contributed by atoms with E-state index < -0.39 is 0 Å². The Hall–Kier alpha value is -2.60. The van der Waals surface area contributed by atoms with Crippen molar-refractivity contribution >= 4 is 5.84 Å². The van der Waals surface area contributed by atoms with E-state index in [0.29, 0.717) is 22.9 Å². The number of hydrogen-bond acceptors (Lipinski definition) is 5. The van der Waals surface area contributed by atoms with Gasteiger partial charge in [0.1, 0.15) is 5.75 Å². The SMILES string of the molecule is Cc1cc(/C(N)=N/O)cc(Oc2ccc(CO)cc2)n1. The Labute approximate surface area is 116 Å². The smallest absolute Gasteiger partial charge is 0.220 e. The molecule has 0 amide bonds. The number of aryl methyl sites for hydroxylation is 1. The van der Waals surface area contributed by atoms with Gasteiger partial charge in [0.15, 0.2) is 5.84 Å². The van der Waals surface area contributed by atoms with Crippen LogP contribution in [0, 0.1) is 6.92 Å². The molecular formula is C14H15N3O3. The summed E-state index contributed by atoms with van der Waals surface area (Å²) in [4.78, 5) is 4.22. The summed E-state index contributed by atoms with van der Waals surface area (Å²) in [6, 6.07) is 10.3. The number of rotatable bonds is 4. The second kappa shape index (κ2) is 6.03. The fraction of sp³-hybridized carbons (Fsp3) is 0.143. The molecule has 6 heteroatoms. The first-order chi connectivity index (χ1) is 9.62. The monoisotopic (exact) mass is 273 g/mol. The van der Waals surface area contributed by atoms with Crippen molar-refractivity contribution < 1.29 is 15.1 Å². The summed E-state index contributed by atoms with van der Waals surface area (Å²) in [6.07, 6.45) is 0. The maximum Gasteiger partial charge on any atom is 0.220 e. The number of oxime groups is 1. The molecule has 4 N–H and O–H groups in total. The Kier molecular flexibility index (Phi) is 4.17. The molecule has 1 aromatic heterocycles. The molecular weight excluding hydrogens is 258 g/mol. The third-order valence-electron chi connectivity index (χ3n) is 2.66. The molecule has 104 valence electrons. The lowest BCUT2D eigenvalue weighted by Crippen LogP contribution is -2.13. The zero-order valence-electron chi connectivity index (χ0n) is 10.9. The number of hydrogen-bond donors (Lipinski definition) is 3. The molecule has 0 saturated carbocycles. The van der Waals surface area contributed by atoms with E-state index in [9.17, 15) is 0 Å². The quantitative estimate of drug-likeness (QED) is 0.341. The molecule has 1 aromatic carbocycles. The van der Waals surface area contributed by atoms with Gasteiger partial charge in [0.05, 0.1) is 6.61 Å². The molecule has 0 fully saturated rings. The van der Waals surface area contributed by atoms with Gasteiger partial charge in [-0.05, 0) is 30.7 Å². The van der Waals surface area contributed by atoms with E-state index in [2.05, 4.69) is 10.1 Å². The van der Waals surface area contributed by atoms with Crippen molar-refractivity contribution in [2.45, 2.75) is 13.5 Å². The molecule has 6 nitrogen and oxygen atoms in total. The third-order valence-corrected chi connectivity index (χ3v) is 2.66. The van der Waals surface area contributed by atoms with Gasteiger partial charge in [-0.15, -0.1) is 0 Å². The predicted molar refractivity (Wildman–Crippen MR) is 73.9 cm³/mol. The van der Waals surface area contributed by atoms with Crippen molar-refractivity contribution in [2.24, 2.45) is 10.9 Å². The van der Waals surface area contributed by atoms with Crippen molar-refractivity contribution in [3.8, 4) is 11.6 Å². The van der Waals surface area contributed by atoms with Crippen LogP contribution in [0.4, 0.5) is 0 Å². The molecule has 0 aliphatic rings. The van der Waals surface area contributed by atoms with Gasteiger partial charge in [-0.3, -0.25) is 0 Å². The molecule has 0 unspecified atom stereocenters. The molecule has 2 aromatic rings. The number of pyridine rings is 1. The molecule has 0 atom stereocenters. The standard InChI is InChI=1S/C14H15N3O3/c1-9-6-11(14(15)17-19)7-13(16-9)20-12-4-2-10(8-18)3-5-12/h2-7,18-19H,8H2,1H3,(H2,15,17). The van der Waals surface area contributed by atoms with E-state index in [4.69, 9.17) is 20.8 Å². The van der Waals surface area contributed by atoms with Gasteiger partial charge in [-0.25, -0.2) is 4.98 Å². The van der Waals surface area contributed by atoms with Crippen LogP contribution in [0.3, 0.4) is 0 Å². The van der Waals surface area contributed by atoms with E-state index in [1.54, 1.807) is 43.3 Å². The lowest BCUT2D eigenvalue weighted by Gasteiger charge is -2.08. The zero-order chi connectivity index (χ0) is 14.5. The molecule has 0 aliphatic carbocycles. The summed E-state index contributed by atoms with van der Waals surface area (Å²) in [7, 11) is 0. The topological polar surface area (TPSA) is 101 Å². The number of nitrogens with two attached hydrogens (primary N) is 1. The summed E-state index contributed by atoms with van der Waals surface area (Å²) in [5, 5.41) is 20.6. The Bertz CT molecular complexity index is 624. The highest BCUT2D eigenvalue weighted by Crippen LogP contribution is 2.21. The summed E-state index contributed by atoms with van der Waals surface area (Å²) >= 11 is 0. The van der Waals surface area contributed by atoms with Gasteiger partial charge in [-0.1, -0.05) is 17.3 Å². The van der Waals surface area contributed by atoms with Crippen LogP contribution in [-0.4, -0.2) is 21.1 Å². The summed E-state index contributed by atoms with van der Waals surface area (Å²) < 4.78 is 5.61. The number of amidine groups is 1. The second-order valence-electron chi connectivity index (χ2n) is 4.22. The zero-order valence-corrected chi connectivity index (χ0v) is 10.9. The first-order valence-corrected chi connectivity index (χ1v) is 5.96. The largest absolute Gasteiger partial charge is 0.439 e. The molecule has 0 radical (unpaired) electrons. The molecule has 20 heavy (non-hydrogen) atoms. The minimum atomic E-state index is -0.0172. The number of aliphatic hydroxyl groups is 1. The number of aromatic nitrogens is 1. The van der Waals surface area contributed by atoms with Crippen LogP contribution >= 0.6 is 0 Å². The third kappa shape index (κ3) is 3.24. The number of aliphatic hydroxyl groups excluding tert-OH is 1. The minimum Gasteiger partial charge on any atom is -0.439 e. The first kappa shape index (κ1) is 13.8. The summed E-state index contributed by atoms with van der Waals surface area (Å²) in [6.45, 7) is 1.77. The summed E-state index contributed by atoms with van der Waals surface area (Å²) in [5.41, 5.74) is 7.57. The molecule has 0 saturated heterocycles. The Balaban J connectivity index is 2.26. The molecule has 0 aliphatic heterocycles. The van der Waals surface area contributed by atoms with Gasteiger partial charge < -0.3 is 20.8 Å². The van der Waals surface area contributed by atoms with Crippen LogP contribution in [-0.2, 0) is 6.61 Å². The fourth-order valence-electron chi connectivity index (χ4n) is 1.68. The van der Waals surface area contributed by atoms with Crippen molar-refractivity contribution in [1.29, 1.82) is 0 Å². The molecule has 0 bridgehead atoms. The molecule has 1 heterocycles. The van der Waals surface area contributed by atoms with Crippen molar-refractivity contribution in [1.82, 2.24) is 4.98 Å². The molecule has 2 rings (SSSR count). The van der Waals surface area contributed by atoms with Gasteiger partial charge >= 0.3 is 0 Å². The van der Waals surface area contributed by atoms with E-state index in [0.717, 1.165) is 5.56 Å². The second-order valence-corrected chi connectivity index (χ2v) is 4.22. The molecule has 0 spiro atoms. The van der Waals surface area contributed by atoms with Crippen LogP contribution in [0.2, 0.25) is 0 Å². The lowest BCUT2D eigenvalue weighted by molar-refractivity contribution is 0.281. The Morgan fingerprint density at radius 3 is 2.60 bits per heavy atom. The van der Waals surface area contributed by atoms with Crippen LogP contribution in [0.15, 0.2) is 41.6 Å². The van der Waals surface area contributed by atoms with Crippen LogP contribution in [0.5, 0.6) is 11.6 Å². The normalized spacial score (nSPS) is 11.4. The van der Waals surface area contributed by atoms with Gasteiger partial charge in [0, 0.05) is 17.3 Å².